The topological polar surface area (TPSA) is 87.3 Å². The normalized spacial score (nSPS) is 15.5. The van der Waals surface area contributed by atoms with Gasteiger partial charge in [-0.3, -0.25) is 14.4 Å². The maximum Gasteiger partial charge on any atom is 0.253 e. The molecule has 154 valence electrons. The van der Waals surface area contributed by atoms with Crippen molar-refractivity contribution in [3.8, 4) is 0 Å². The Bertz CT molecular complexity index is 680. The zero-order chi connectivity index (χ0) is 20.4. The van der Waals surface area contributed by atoms with Crippen LogP contribution in [0.15, 0.2) is 24.3 Å². The predicted octanol–water partition coefficient (Wildman–Crippen LogP) is 2.76. The third-order valence-corrected chi connectivity index (χ3v) is 5.72. The third-order valence-electron chi connectivity index (χ3n) is 4.74. The molecule has 3 N–H and O–H groups in total. The Hall–Kier alpha value is -1.73. The summed E-state index contributed by atoms with van der Waals surface area (Å²) in [5.74, 6) is -0.261. The number of hydrogen-bond acceptors (Lipinski definition) is 4. The van der Waals surface area contributed by atoms with Gasteiger partial charge in [-0.15, -0.1) is 0 Å². The monoisotopic (exact) mass is 425 g/mol. The van der Waals surface area contributed by atoms with Gasteiger partial charge in [-0.25, -0.2) is 0 Å². The highest BCUT2D eigenvalue weighted by molar-refractivity contribution is 7.98. The van der Waals surface area contributed by atoms with Gasteiger partial charge in [0.2, 0.25) is 11.8 Å². The van der Waals surface area contributed by atoms with Gasteiger partial charge in [0.15, 0.2) is 0 Å². The Morgan fingerprint density at radius 2 is 1.89 bits per heavy atom. The van der Waals surface area contributed by atoms with Gasteiger partial charge in [-0.05, 0) is 43.4 Å². The number of amides is 3. The molecule has 1 saturated carbocycles. The predicted molar refractivity (Wildman–Crippen MR) is 114 cm³/mol. The van der Waals surface area contributed by atoms with Gasteiger partial charge < -0.3 is 16.0 Å². The van der Waals surface area contributed by atoms with E-state index < -0.39 is 11.9 Å². The van der Waals surface area contributed by atoms with Crippen molar-refractivity contribution in [2.45, 2.75) is 50.6 Å². The molecule has 2 rings (SSSR count). The second-order valence-electron chi connectivity index (χ2n) is 6.91. The summed E-state index contributed by atoms with van der Waals surface area (Å²) in [5.41, 5.74) is 0.321. The molecule has 0 aromatic heterocycles. The van der Waals surface area contributed by atoms with Crippen molar-refractivity contribution in [3.63, 3.8) is 0 Å². The van der Waals surface area contributed by atoms with E-state index in [2.05, 4.69) is 16.0 Å². The number of carbonyl (C=O) groups is 3. The summed E-state index contributed by atoms with van der Waals surface area (Å²) >= 11 is 7.65. The maximum atomic E-state index is 12.5. The molecule has 1 unspecified atom stereocenters. The van der Waals surface area contributed by atoms with Crippen molar-refractivity contribution in [1.82, 2.24) is 16.0 Å². The number of nitrogens with one attached hydrogen (secondary N) is 3. The minimum atomic E-state index is -0.723. The molecular formula is C20H28ClN3O3S. The van der Waals surface area contributed by atoms with Crippen molar-refractivity contribution < 1.29 is 14.4 Å². The molecule has 8 heteroatoms. The Kier molecular flexibility index (Phi) is 9.64. The summed E-state index contributed by atoms with van der Waals surface area (Å²) in [7, 11) is 0. The van der Waals surface area contributed by atoms with Crippen molar-refractivity contribution in [2.24, 2.45) is 0 Å². The Morgan fingerprint density at radius 1 is 1.18 bits per heavy atom. The number of carbonyl (C=O) groups excluding carboxylic acids is 3. The lowest BCUT2D eigenvalue weighted by atomic mass is 9.95. The van der Waals surface area contributed by atoms with Gasteiger partial charge in [-0.2, -0.15) is 11.8 Å². The summed E-state index contributed by atoms with van der Waals surface area (Å²) in [4.78, 5) is 37.1. The van der Waals surface area contributed by atoms with E-state index in [0.29, 0.717) is 22.8 Å². The van der Waals surface area contributed by atoms with Crippen LogP contribution in [-0.2, 0) is 9.59 Å². The first-order valence-corrected chi connectivity index (χ1v) is 11.4. The van der Waals surface area contributed by atoms with Gasteiger partial charge in [0.25, 0.3) is 5.91 Å². The minimum Gasteiger partial charge on any atom is -0.352 e. The number of benzene rings is 1. The van der Waals surface area contributed by atoms with E-state index in [0.717, 1.165) is 25.7 Å². The Balaban J connectivity index is 1.88. The maximum absolute atomic E-state index is 12.5. The molecule has 1 aliphatic carbocycles. The Morgan fingerprint density at radius 3 is 2.57 bits per heavy atom. The zero-order valence-electron chi connectivity index (χ0n) is 16.1. The summed E-state index contributed by atoms with van der Waals surface area (Å²) in [5, 5.41) is 8.68. The van der Waals surface area contributed by atoms with Gasteiger partial charge in [-0.1, -0.05) is 43.0 Å². The summed E-state index contributed by atoms with van der Waals surface area (Å²) in [6, 6.07) is 6.17. The van der Waals surface area contributed by atoms with Gasteiger partial charge in [0.05, 0.1) is 17.1 Å². The van der Waals surface area contributed by atoms with Crippen LogP contribution in [0.1, 0.15) is 48.9 Å². The highest BCUT2D eigenvalue weighted by atomic mass is 35.5. The van der Waals surface area contributed by atoms with E-state index in [9.17, 15) is 14.4 Å². The molecule has 1 fully saturated rings. The summed E-state index contributed by atoms with van der Waals surface area (Å²) in [6.45, 7) is -0.0902. The number of hydrogen-bond donors (Lipinski definition) is 3. The largest absolute Gasteiger partial charge is 0.352 e. The second kappa shape index (κ2) is 12.0. The van der Waals surface area contributed by atoms with Gasteiger partial charge >= 0.3 is 0 Å². The molecule has 1 aromatic rings. The fourth-order valence-corrected chi connectivity index (χ4v) is 3.90. The zero-order valence-corrected chi connectivity index (χ0v) is 17.7. The molecule has 1 aromatic carbocycles. The highest BCUT2D eigenvalue weighted by Gasteiger charge is 2.23. The molecule has 3 amide bonds. The minimum absolute atomic E-state index is 0.0902. The van der Waals surface area contributed by atoms with Crippen molar-refractivity contribution in [3.05, 3.63) is 34.9 Å². The first kappa shape index (κ1) is 22.6. The van der Waals surface area contributed by atoms with Gasteiger partial charge in [0, 0.05) is 6.04 Å². The lowest BCUT2D eigenvalue weighted by molar-refractivity contribution is -0.127. The first-order chi connectivity index (χ1) is 13.5. The molecule has 6 nitrogen and oxygen atoms in total. The SMILES string of the molecule is CSCCC(NC(=O)c1ccccc1Cl)C(=O)NCC(=O)NC1CCCCC1. The van der Waals surface area contributed by atoms with Crippen LogP contribution in [0.2, 0.25) is 5.02 Å². The summed E-state index contributed by atoms with van der Waals surface area (Å²) in [6.07, 6.45) is 7.85. The summed E-state index contributed by atoms with van der Waals surface area (Å²) < 4.78 is 0. The number of thioether (sulfide) groups is 1. The molecule has 28 heavy (non-hydrogen) atoms. The molecule has 0 heterocycles. The van der Waals surface area contributed by atoms with Crippen LogP contribution >= 0.6 is 23.4 Å². The third kappa shape index (κ3) is 7.36. The molecular weight excluding hydrogens is 398 g/mol. The van der Waals surface area contributed by atoms with Crippen molar-refractivity contribution in [2.75, 3.05) is 18.6 Å². The fourth-order valence-electron chi connectivity index (χ4n) is 3.20. The molecule has 1 atom stereocenters. The molecule has 0 aliphatic heterocycles. The second-order valence-corrected chi connectivity index (χ2v) is 8.30. The molecule has 0 bridgehead atoms. The van der Waals surface area contributed by atoms with Crippen molar-refractivity contribution >= 4 is 41.1 Å². The van der Waals surface area contributed by atoms with E-state index in [1.807, 2.05) is 6.26 Å². The fraction of sp³-hybridized carbons (Fsp3) is 0.550. The van der Waals surface area contributed by atoms with Crippen LogP contribution in [0.5, 0.6) is 0 Å². The molecule has 0 spiro atoms. The Labute approximate surface area is 175 Å². The molecule has 1 aliphatic rings. The number of rotatable bonds is 9. The van der Waals surface area contributed by atoms with E-state index >= 15 is 0 Å². The first-order valence-electron chi connectivity index (χ1n) is 9.62. The average molecular weight is 426 g/mol. The quantitative estimate of drug-likeness (QED) is 0.567. The van der Waals surface area contributed by atoms with Crippen LogP contribution in [0.3, 0.4) is 0 Å². The van der Waals surface area contributed by atoms with Gasteiger partial charge in [0.1, 0.15) is 6.04 Å². The van der Waals surface area contributed by atoms with E-state index in [1.165, 1.54) is 6.42 Å². The van der Waals surface area contributed by atoms with E-state index in [1.54, 1.807) is 36.0 Å². The van der Waals surface area contributed by atoms with Crippen LogP contribution < -0.4 is 16.0 Å². The average Bonchev–Trinajstić information content (AvgIpc) is 2.70. The number of halogens is 1. The van der Waals surface area contributed by atoms with Crippen LogP contribution in [0.25, 0.3) is 0 Å². The van der Waals surface area contributed by atoms with Crippen molar-refractivity contribution in [1.29, 1.82) is 0 Å². The highest BCUT2D eigenvalue weighted by Crippen LogP contribution is 2.17. The molecule has 0 radical (unpaired) electrons. The van der Waals surface area contributed by atoms with Crippen LogP contribution in [0.4, 0.5) is 0 Å². The van der Waals surface area contributed by atoms with E-state index in [-0.39, 0.29) is 24.4 Å². The van der Waals surface area contributed by atoms with Crippen LogP contribution in [0, 0.1) is 0 Å². The smallest absolute Gasteiger partial charge is 0.253 e. The lowest BCUT2D eigenvalue weighted by Crippen LogP contribution is -2.50. The van der Waals surface area contributed by atoms with E-state index in [4.69, 9.17) is 11.6 Å². The lowest BCUT2D eigenvalue weighted by Gasteiger charge is -2.23. The van der Waals surface area contributed by atoms with Crippen LogP contribution in [-0.4, -0.2) is 48.4 Å². The standard InChI is InChI=1S/C20H28ClN3O3S/c1-28-12-11-17(24-19(26)15-9-5-6-10-16(15)21)20(27)22-13-18(25)23-14-7-3-2-4-8-14/h5-6,9-10,14,17H,2-4,7-8,11-13H2,1H3,(H,22,27)(H,23,25)(H,24,26). The molecule has 0 saturated heterocycles.